The molecule has 4 heteroatoms. The molecule has 1 rings (SSSR count). The van der Waals surface area contributed by atoms with Gasteiger partial charge in [0.05, 0.1) is 25.5 Å². The smallest absolute Gasteiger partial charge is 0.309 e. The fraction of sp³-hybridized carbons (Fsp3) is 0.286. The van der Waals surface area contributed by atoms with Gasteiger partial charge in [-0.3, -0.25) is 4.79 Å². The average Bonchev–Trinajstić information content (AvgIpc) is 2.34. The molecular formula is C14H14FNO2. The lowest BCUT2D eigenvalue weighted by Gasteiger charge is -2.00. The number of ether oxygens (including phenoxy) is 1. The summed E-state index contributed by atoms with van der Waals surface area (Å²) in [4.78, 5) is 11.1. The van der Waals surface area contributed by atoms with Crippen LogP contribution >= 0.6 is 0 Å². The van der Waals surface area contributed by atoms with E-state index >= 15 is 0 Å². The minimum atomic E-state index is -0.390. The molecule has 1 aromatic carbocycles. The number of esters is 1. The fourth-order valence-corrected chi connectivity index (χ4v) is 1.43. The van der Waals surface area contributed by atoms with E-state index in [-0.39, 0.29) is 24.6 Å². The van der Waals surface area contributed by atoms with E-state index in [1.165, 1.54) is 6.07 Å². The van der Waals surface area contributed by atoms with E-state index in [4.69, 9.17) is 10.00 Å². The van der Waals surface area contributed by atoms with E-state index < -0.39 is 0 Å². The number of nitriles is 1. The van der Waals surface area contributed by atoms with E-state index in [0.29, 0.717) is 12.2 Å². The molecule has 0 radical (unpaired) electrons. The standard InChI is InChI=1S/C14H14FNO2/c1-2-18-14(17)5-3-4-11-6-7-13(15)12(10-11)8-9-16/h3-4,6-7,10H,2,5,8H2,1H3. The van der Waals surface area contributed by atoms with Crippen molar-refractivity contribution in [1.82, 2.24) is 0 Å². The Balaban J connectivity index is 2.68. The molecule has 0 N–H and O–H groups in total. The van der Waals surface area contributed by atoms with E-state index in [1.807, 2.05) is 6.07 Å². The third-order valence-corrected chi connectivity index (χ3v) is 2.24. The van der Waals surface area contributed by atoms with Gasteiger partial charge in [-0.25, -0.2) is 4.39 Å². The van der Waals surface area contributed by atoms with Crippen molar-refractivity contribution in [2.75, 3.05) is 6.61 Å². The molecular weight excluding hydrogens is 233 g/mol. The fourth-order valence-electron chi connectivity index (χ4n) is 1.43. The van der Waals surface area contributed by atoms with E-state index in [0.717, 1.165) is 5.56 Å². The molecule has 0 saturated carbocycles. The summed E-state index contributed by atoms with van der Waals surface area (Å²) in [5, 5.41) is 8.55. The lowest BCUT2D eigenvalue weighted by atomic mass is 10.1. The Kier molecular flexibility index (Phi) is 5.59. The maximum absolute atomic E-state index is 13.3. The van der Waals surface area contributed by atoms with Crippen LogP contribution in [-0.4, -0.2) is 12.6 Å². The minimum Gasteiger partial charge on any atom is -0.466 e. The van der Waals surface area contributed by atoms with Crippen molar-refractivity contribution < 1.29 is 13.9 Å². The van der Waals surface area contributed by atoms with Gasteiger partial charge in [0.15, 0.2) is 0 Å². The van der Waals surface area contributed by atoms with Crippen LogP contribution in [0.5, 0.6) is 0 Å². The maximum atomic E-state index is 13.3. The van der Waals surface area contributed by atoms with Crippen LogP contribution in [-0.2, 0) is 16.0 Å². The quantitative estimate of drug-likeness (QED) is 0.752. The highest BCUT2D eigenvalue weighted by atomic mass is 19.1. The first-order chi connectivity index (χ1) is 8.67. The number of nitrogens with zero attached hydrogens (tertiary/aromatic N) is 1. The van der Waals surface area contributed by atoms with Gasteiger partial charge < -0.3 is 4.74 Å². The number of hydrogen-bond acceptors (Lipinski definition) is 3. The molecule has 0 heterocycles. The van der Waals surface area contributed by atoms with Gasteiger partial charge in [0.1, 0.15) is 5.82 Å². The summed E-state index contributed by atoms with van der Waals surface area (Å²) < 4.78 is 18.0. The molecule has 0 saturated heterocycles. The number of hydrogen-bond donors (Lipinski definition) is 0. The lowest BCUT2D eigenvalue weighted by molar-refractivity contribution is -0.142. The van der Waals surface area contributed by atoms with Crippen LogP contribution < -0.4 is 0 Å². The lowest BCUT2D eigenvalue weighted by Crippen LogP contribution is -2.01. The Morgan fingerprint density at radius 1 is 1.56 bits per heavy atom. The van der Waals surface area contributed by atoms with Gasteiger partial charge in [-0.1, -0.05) is 18.2 Å². The zero-order chi connectivity index (χ0) is 13.4. The number of rotatable bonds is 5. The van der Waals surface area contributed by atoms with Crippen molar-refractivity contribution in [3.8, 4) is 6.07 Å². The van der Waals surface area contributed by atoms with Gasteiger partial charge in [-0.05, 0) is 24.6 Å². The summed E-state index contributed by atoms with van der Waals surface area (Å²) >= 11 is 0. The Morgan fingerprint density at radius 3 is 3.00 bits per heavy atom. The topological polar surface area (TPSA) is 50.1 Å². The van der Waals surface area contributed by atoms with Crippen molar-refractivity contribution in [2.45, 2.75) is 19.8 Å². The van der Waals surface area contributed by atoms with E-state index in [2.05, 4.69) is 0 Å². The summed E-state index contributed by atoms with van der Waals surface area (Å²) in [6.45, 7) is 2.10. The molecule has 0 amide bonds. The third-order valence-electron chi connectivity index (χ3n) is 2.24. The second kappa shape index (κ2) is 7.23. The summed E-state index contributed by atoms with van der Waals surface area (Å²) in [6.07, 6.45) is 3.57. The predicted molar refractivity (Wildman–Crippen MR) is 66.0 cm³/mol. The van der Waals surface area contributed by atoms with Crippen molar-refractivity contribution in [2.24, 2.45) is 0 Å². The highest BCUT2D eigenvalue weighted by molar-refractivity contribution is 5.72. The third kappa shape index (κ3) is 4.38. The normalized spacial score (nSPS) is 10.3. The zero-order valence-corrected chi connectivity index (χ0v) is 10.1. The number of carbonyl (C=O) groups excluding carboxylic acids is 1. The molecule has 0 unspecified atom stereocenters. The zero-order valence-electron chi connectivity index (χ0n) is 10.1. The summed E-state index contributed by atoms with van der Waals surface area (Å²) in [6, 6.07) is 6.41. The van der Waals surface area contributed by atoms with Crippen LogP contribution in [0, 0.1) is 17.1 Å². The van der Waals surface area contributed by atoms with Crippen molar-refractivity contribution in [3.05, 3.63) is 41.2 Å². The first-order valence-corrected chi connectivity index (χ1v) is 5.65. The largest absolute Gasteiger partial charge is 0.466 e. The summed E-state index contributed by atoms with van der Waals surface area (Å²) in [7, 11) is 0. The molecule has 0 atom stereocenters. The molecule has 0 aliphatic heterocycles. The highest BCUT2D eigenvalue weighted by Gasteiger charge is 2.02. The number of halogens is 1. The molecule has 94 valence electrons. The first-order valence-electron chi connectivity index (χ1n) is 5.65. The Morgan fingerprint density at radius 2 is 2.33 bits per heavy atom. The molecule has 0 fully saturated rings. The van der Waals surface area contributed by atoms with Crippen LogP contribution in [0.15, 0.2) is 24.3 Å². The van der Waals surface area contributed by atoms with Crippen LogP contribution in [0.3, 0.4) is 0 Å². The van der Waals surface area contributed by atoms with E-state index in [9.17, 15) is 9.18 Å². The molecule has 0 aliphatic carbocycles. The maximum Gasteiger partial charge on any atom is 0.309 e. The predicted octanol–water partition coefficient (Wildman–Crippen LogP) is 2.86. The molecule has 0 spiro atoms. The molecule has 1 aromatic rings. The number of carbonyl (C=O) groups is 1. The Bertz CT molecular complexity index is 489. The summed E-state index contributed by atoms with van der Waals surface area (Å²) in [5.74, 6) is -0.688. The molecule has 3 nitrogen and oxygen atoms in total. The van der Waals surface area contributed by atoms with Gasteiger partial charge in [0, 0.05) is 5.56 Å². The molecule has 0 bridgehead atoms. The summed E-state index contributed by atoms with van der Waals surface area (Å²) in [5.41, 5.74) is 1.11. The first kappa shape index (κ1) is 13.9. The van der Waals surface area contributed by atoms with Gasteiger partial charge in [-0.2, -0.15) is 5.26 Å². The average molecular weight is 247 g/mol. The molecule has 0 aliphatic rings. The van der Waals surface area contributed by atoms with E-state index in [1.54, 1.807) is 31.2 Å². The van der Waals surface area contributed by atoms with Crippen molar-refractivity contribution in [3.63, 3.8) is 0 Å². The van der Waals surface area contributed by atoms with Crippen LogP contribution in [0.4, 0.5) is 4.39 Å². The van der Waals surface area contributed by atoms with Gasteiger partial charge in [-0.15, -0.1) is 0 Å². The monoisotopic (exact) mass is 247 g/mol. The van der Waals surface area contributed by atoms with Gasteiger partial charge in [0.25, 0.3) is 0 Å². The van der Waals surface area contributed by atoms with Gasteiger partial charge >= 0.3 is 5.97 Å². The van der Waals surface area contributed by atoms with Crippen molar-refractivity contribution in [1.29, 1.82) is 5.26 Å². The van der Waals surface area contributed by atoms with Gasteiger partial charge in [0.2, 0.25) is 0 Å². The molecule has 18 heavy (non-hydrogen) atoms. The minimum absolute atomic E-state index is 0.0331. The Labute approximate surface area is 105 Å². The number of benzene rings is 1. The second-order valence-electron chi connectivity index (χ2n) is 3.60. The van der Waals surface area contributed by atoms with Crippen molar-refractivity contribution >= 4 is 12.0 Å². The highest BCUT2D eigenvalue weighted by Crippen LogP contribution is 2.12. The molecule has 0 aromatic heterocycles. The second-order valence-corrected chi connectivity index (χ2v) is 3.60. The van der Waals surface area contributed by atoms with Crippen LogP contribution in [0.1, 0.15) is 24.5 Å². The van der Waals surface area contributed by atoms with Crippen LogP contribution in [0.2, 0.25) is 0 Å². The van der Waals surface area contributed by atoms with Crippen LogP contribution in [0.25, 0.3) is 6.08 Å². The SMILES string of the molecule is CCOC(=O)CC=Cc1ccc(F)c(CC#N)c1. The Hall–Kier alpha value is -2.15.